The first-order valence-corrected chi connectivity index (χ1v) is 9.73. The Labute approximate surface area is 158 Å². The summed E-state index contributed by atoms with van der Waals surface area (Å²) >= 11 is 0. The molecule has 0 unspecified atom stereocenters. The standard InChI is InChI=1S/C21H27F3N2O/c1-16(17-7-9-18(10-8-17)21(22,23)24)14-20(27)26-13-5-6-19(26)15-25-11-3-2-4-12-25/h7-10,14,19H,2-6,11-13,15H2,1H3/b16-14-/t19-/m0/s1. The third kappa shape index (κ3) is 5.12. The zero-order valence-corrected chi connectivity index (χ0v) is 15.8. The minimum absolute atomic E-state index is 0.0353. The smallest absolute Gasteiger partial charge is 0.335 e. The van der Waals surface area contributed by atoms with Crippen LogP contribution in [0.4, 0.5) is 13.2 Å². The van der Waals surface area contributed by atoms with Gasteiger partial charge < -0.3 is 9.80 Å². The maximum absolute atomic E-state index is 12.8. The second-order valence-electron chi connectivity index (χ2n) is 7.59. The summed E-state index contributed by atoms with van der Waals surface area (Å²) in [5.41, 5.74) is 0.659. The molecular weight excluding hydrogens is 353 g/mol. The van der Waals surface area contributed by atoms with Crippen LogP contribution in [0.15, 0.2) is 30.3 Å². The van der Waals surface area contributed by atoms with E-state index in [1.807, 2.05) is 4.90 Å². The molecule has 0 spiro atoms. The van der Waals surface area contributed by atoms with Crippen molar-refractivity contribution in [2.75, 3.05) is 26.2 Å². The lowest BCUT2D eigenvalue weighted by Gasteiger charge is -2.32. The van der Waals surface area contributed by atoms with Crippen LogP contribution in [0.3, 0.4) is 0 Å². The van der Waals surface area contributed by atoms with E-state index in [-0.39, 0.29) is 11.9 Å². The molecule has 3 nitrogen and oxygen atoms in total. The van der Waals surface area contributed by atoms with Crippen LogP contribution < -0.4 is 0 Å². The summed E-state index contributed by atoms with van der Waals surface area (Å²) in [5, 5.41) is 0. The Morgan fingerprint density at radius 1 is 1.07 bits per heavy atom. The fraction of sp³-hybridized carbons (Fsp3) is 0.571. The molecule has 2 aliphatic rings. The Bertz CT molecular complexity index is 676. The SMILES string of the molecule is C/C(=C/C(=O)N1CCC[C@H]1CN1CCCCC1)c1ccc(C(F)(F)F)cc1. The summed E-state index contributed by atoms with van der Waals surface area (Å²) in [6.07, 6.45) is 3.01. The summed E-state index contributed by atoms with van der Waals surface area (Å²) in [6, 6.07) is 5.22. The van der Waals surface area contributed by atoms with Crippen molar-refractivity contribution in [2.45, 2.75) is 51.2 Å². The highest BCUT2D eigenvalue weighted by molar-refractivity contribution is 5.95. The number of halogens is 3. The molecule has 3 rings (SSSR count). The van der Waals surface area contributed by atoms with Gasteiger partial charge in [-0.25, -0.2) is 0 Å². The average Bonchev–Trinajstić information content (AvgIpc) is 3.10. The first-order valence-electron chi connectivity index (χ1n) is 9.73. The fourth-order valence-electron chi connectivity index (χ4n) is 4.03. The van der Waals surface area contributed by atoms with Gasteiger partial charge in [-0.3, -0.25) is 4.79 Å². The van der Waals surface area contributed by atoms with Crippen LogP contribution in [0, 0.1) is 0 Å². The summed E-state index contributed by atoms with van der Waals surface area (Å²) in [7, 11) is 0. The minimum Gasteiger partial charge on any atom is -0.335 e. The summed E-state index contributed by atoms with van der Waals surface area (Å²) < 4.78 is 38.1. The Hall–Kier alpha value is -1.82. The molecule has 0 radical (unpaired) electrons. The second-order valence-corrected chi connectivity index (χ2v) is 7.59. The van der Waals surface area contributed by atoms with Crippen LogP contribution in [0.5, 0.6) is 0 Å². The van der Waals surface area contributed by atoms with Crippen molar-refractivity contribution >= 4 is 11.5 Å². The van der Waals surface area contributed by atoms with E-state index in [9.17, 15) is 18.0 Å². The number of hydrogen-bond acceptors (Lipinski definition) is 2. The van der Waals surface area contributed by atoms with E-state index < -0.39 is 11.7 Å². The molecule has 2 saturated heterocycles. The zero-order valence-electron chi connectivity index (χ0n) is 15.8. The molecule has 27 heavy (non-hydrogen) atoms. The van der Waals surface area contributed by atoms with Gasteiger partial charge in [0, 0.05) is 25.2 Å². The van der Waals surface area contributed by atoms with Crippen LogP contribution in [-0.4, -0.2) is 47.9 Å². The summed E-state index contributed by atoms with van der Waals surface area (Å²) in [6.45, 7) is 5.68. The van der Waals surface area contributed by atoms with Crippen molar-refractivity contribution in [3.05, 3.63) is 41.5 Å². The number of carbonyl (C=O) groups excluding carboxylic acids is 1. The van der Waals surface area contributed by atoms with Gasteiger partial charge in [-0.2, -0.15) is 13.2 Å². The lowest BCUT2D eigenvalue weighted by Crippen LogP contribution is -2.44. The highest BCUT2D eigenvalue weighted by Gasteiger charge is 2.31. The Balaban J connectivity index is 1.65. The lowest BCUT2D eigenvalue weighted by atomic mass is 10.0. The number of carbonyl (C=O) groups is 1. The molecule has 1 atom stereocenters. The Morgan fingerprint density at radius 2 is 1.74 bits per heavy atom. The van der Waals surface area contributed by atoms with Crippen molar-refractivity contribution in [1.29, 1.82) is 0 Å². The normalized spacial score (nSPS) is 22.3. The number of nitrogens with zero attached hydrogens (tertiary/aromatic N) is 2. The molecule has 0 N–H and O–H groups in total. The average molecular weight is 380 g/mol. The van der Waals surface area contributed by atoms with Gasteiger partial charge in [-0.1, -0.05) is 18.6 Å². The van der Waals surface area contributed by atoms with Gasteiger partial charge in [0.1, 0.15) is 0 Å². The van der Waals surface area contributed by atoms with Crippen LogP contribution in [0.25, 0.3) is 5.57 Å². The molecule has 1 aromatic rings. The van der Waals surface area contributed by atoms with Crippen LogP contribution in [-0.2, 0) is 11.0 Å². The lowest BCUT2D eigenvalue weighted by molar-refractivity contribution is -0.137. The molecule has 0 saturated carbocycles. The van der Waals surface area contributed by atoms with E-state index in [0.717, 1.165) is 51.2 Å². The van der Waals surface area contributed by atoms with Gasteiger partial charge in [0.2, 0.25) is 5.91 Å². The highest BCUT2D eigenvalue weighted by atomic mass is 19.4. The van der Waals surface area contributed by atoms with Crippen molar-refractivity contribution in [2.24, 2.45) is 0 Å². The zero-order chi connectivity index (χ0) is 19.4. The first-order chi connectivity index (χ1) is 12.8. The number of amides is 1. The third-order valence-corrected chi connectivity index (χ3v) is 5.59. The van der Waals surface area contributed by atoms with Crippen LogP contribution in [0.2, 0.25) is 0 Å². The second kappa shape index (κ2) is 8.46. The van der Waals surface area contributed by atoms with E-state index in [1.54, 1.807) is 13.0 Å². The first kappa shape index (κ1) is 19.9. The molecular formula is C21H27F3N2O. The summed E-state index contributed by atoms with van der Waals surface area (Å²) in [5.74, 6) is -0.0353. The Morgan fingerprint density at radius 3 is 2.37 bits per heavy atom. The molecule has 6 heteroatoms. The summed E-state index contributed by atoms with van der Waals surface area (Å²) in [4.78, 5) is 17.1. The van der Waals surface area contributed by atoms with Crippen molar-refractivity contribution in [1.82, 2.24) is 9.80 Å². The van der Waals surface area contributed by atoms with Crippen LogP contribution in [0.1, 0.15) is 50.2 Å². The number of benzene rings is 1. The molecule has 2 fully saturated rings. The van der Waals surface area contributed by atoms with Crippen LogP contribution >= 0.6 is 0 Å². The fourth-order valence-corrected chi connectivity index (χ4v) is 4.03. The predicted octanol–water partition coefficient (Wildman–Crippen LogP) is 4.59. The van der Waals surface area contributed by atoms with Gasteiger partial charge in [0.15, 0.2) is 0 Å². The van der Waals surface area contributed by atoms with E-state index in [4.69, 9.17) is 0 Å². The highest BCUT2D eigenvalue weighted by Crippen LogP contribution is 2.30. The number of alkyl halides is 3. The van der Waals surface area contributed by atoms with Gasteiger partial charge in [0.05, 0.1) is 5.56 Å². The maximum Gasteiger partial charge on any atom is 0.416 e. The van der Waals surface area contributed by atoms with E-state index in [0.29, 0.717) is 11.1 Å². The minimum atomic E-state index is -4.34. The number of rotatable bonds is 4. The van der Waals surface area contributed by atoms with Gasteiger partial charge in [-0.15, -0.1) is 0 Å². The van der Waals surface area contributed by atoms with Gasteiger partial charge in [0.25, 0.3) is 0 Å². The molecule has 2 aliphatic heterocycles. The predicted molar refractivity (Wildman–Crippen MR) is 100 cm³/mol. The molecule has 2 heterocycles. The van der Waals surface area contributed by atoms with E-state index in [1.165, 1.54) is 31.4 Å². The molecule has 0 bridgehead atoms. The molecule has 1 amide bonds. The van der Waals surface area contributed by atoms with E-state index in [2.05, 4.69) is 4.90 Å². The maximum atomic E-state index is 12.8. The largest absolute Gasteiger partial charge is 0.416 e. The van der Waals surface area contributed by atoms with Gasteiger partial charge >= 0.3 is 6.18 Å². The van der Waals surface area contributed by atoms with Crippen molar-refractivity contribution in [3.63, 3.8) is 0 Å². The topological polar surface area (TPSA) is 23.6 Å². The van der Waals surface area contributed by atoms with Gasteiger partial charge in [-0.05, 0) is 69.0 Å². The van der Waals surface area contributed by atoms with E-state index >= 15 is 0 Å². The molecule has 1 aromatic carbocycles. The third-order valence-electron chi connectivity index (χ3n) is 5.59. The number of allylic oxidation sites excluding steroid dienone is 1. The van der Waals surface area contributed by atoms with Crippen molar-refractivity contribution in [3.8, 4) is 0 Å². The Kier molecular flexibility index (Phi) is 6.25. The molecule has 0 aromatic heterocycles. The number of hydrogen-bond donors (Lipinski definition) is 0. The quantitative estimate of drug-likeness (QED) is 0.714. The molecule has 0 aliphatic carbocycles. The number of likely N-dealkylation sites (tertiary alicyclic amines) is 2. The number of piperidine rings is 1. The van der Waals surface area contributed by atoms with Crippen molar-refractivity contribution < 1.29 is 18.0 Å². The molecule has 148 valence electrons. The monoisotopic (exact) mass is 380 g/mol.